The summed E-state index contributed by atoms with van der Waals surface area (Å²) in [6.07, 6.45) is 4.13. The smallest absolute Gasteiger partial charge is 0.268 e. The maximum absolute atomic E-state index is 6.41. The Morgan fingerprint density at radius 3 is 2.57 bits per heavy atom. The monoisotopic (exact) mass is 347 g/mol. The highest BCUT2D eigenvalue weighted by Crippen LogP contribution is 2.39. The van der Waals surface area contributed by atoms with Gasteiger partial charge in [0, 0.05) is 5.56 Å². The highest BCUT2D eigenvalue weighted by atomic mass is 35.5. The van der Waals surface area contributed by atoms with Gasteiger partial charge in [-0.05, 0) is 29.9 Å². The minimum absolute atomic E-state index is 0. The van der Waals surface area contributed by atoms with E-state index in [1.165, 1.54) is 0 Å². The van der Waals surface area contributed by atoms with Gasteiger partial charge in [0.15, 0.2) is 5.82 Å². The molecule has 0 bridgehead atoms. The van der Waals surface area contributed by atoms with Crippen LogP contribution in [0.2, 0.25) is 0 Å². The zero-order chi connectivity index (χ0) is 15.0. The average molecular weight is 348 g/mol. The van der Waals surface area contributed by atoms with Crippen LogP contribution < -0.4 is 5.73 Å². The van der Waals surface area contributed by atoms with Gasteiger partial charge in [0.05, 0.1) is 5.54 Å². The van der Waals surface area contributed by atoms with Crippen molar-refractivity contribution >= 4 is 23.7 Å². The summed E-state index contributed by atoms with van der Waals surface area (Å²) in [5.74, 6) is 1.22. The molecule has 3 aromatic rings. The van der Waals surface area contributed by atoms with Crippen LogP contribution in [0.15, 0.2) is 46.3 Å². The van der Waals surface area contributed by atoms with Crippen LogP contribution in [0, 0.1) is 0 Å². The first kappa shape index (κ1) is 16.2. The summed E-state index contributed by atoms with van der Waals surface area (Å²) in [6, 6.07) is 12.3. The first-order chi connectivity index (χ1) is 10.8. The van der Waals surface area contributed by atoms with Gasteiger partial charge in [-0.1, -0.05) is 48.3 Å². The third-order valence-electron chi connectivity index (χ3n) is 4.31. The number of rotatable bonds is 3. The number of nitrogens with two attached hydrogens (primary N) is 1. The fourth-order valence-corrected chi connectivity index (χ4v) is 3.90. The molecule has 0 saturated heterocycles. The molecule has 4 rings (SSSR count). The van der Waals surface area contributed by atoms with Gasteiger partial charge in [-0.3, -0.25) is 0 Å². The van der Waals surface area contributed by atoms with Crippen LogP contribution in [0.1, 0.15) is 31.5 Å². The molecule has 2 aromatic heterocycles. The molecule has 2 heterocycles. The molecule has 6 heteroatoms. The SMILES string of the molecule is Cl.NC1(c2noc(-c3sccc3-c3ccccc3)n2)CCCC1. The van der Waals surface area contributed by atoms with E-state index in [4.69, 9.17) is 10.3 Å². The molecular weight excluding hydrogens is 330 g/mol. The lowest BCUT2D eigenvalue weighted by atomic mass is 9.99. The van der Waals surface area contributed by atoms with Crippen LogP contribution in [0.4, 0.5) is 0 Å². The molecule has 1 fully saturated rings. The Labute approximate surface area is 145 Å². The molecule has 1 aromatic carbocycles. The van der Waals surface area contributed by atoms with E-state index in [1.807, 2.05) is 18.2 Å². The Balaban J connectivity index is 0.00000156. The highest BCUT2D eigenvalue weighted by Gasteiger charge is 2.36. The minimum Gasteiger partial charge on any atom is -0.333 e. The van der Waals surface area contributed by atoms with Crippen LogP contribution in [0.5, 0.6) is 0 Å². The van der Waals surface area contributed by atoms with Crippen molar-refractivity contribution in [2.45, 2.75) is 31.2 Å². The first-order valence-electron chi connectivity index (χ1n) is 7.53. The number of hydrogen-bond donors (Lipinski definition) is 1. The van der Waals surface area contributed by atoms with Gasteiger partial charge in [-0.2, -0.15) is 4.98 Å². The van der Waals surface area contributed by atoms with E-state index < -0.39 is 5.54 Å². The van der Waals surface area contributed by atoms with Gasteiger partial charge in [0.2, 0.25) is 0 Å². The van der Waals surface area contributed by atoms with Crippen molar-refractivity contribution in [1.29, 1.82) is 0 Å². The number of benzene rings is 1. The van der Waals surface area contributed by atoms with Crippen molar-refractivity contribution in [2.24, 2.45) is 5.73 Å². The third-order valence-corrected chi connectivity index (χ3v) is 5.21. The Bertz CT molecular complexity index is 778. The quantitative estimate of drug-likeness (QED) is 0.751. The molecular formula is C17H18ClN3OS. The normalized spacial score (nSPS) is 16.2. The lowest BCUT2D eigenvalue weighted by Crippen LogP contribution is -2.34. The summed E-state index contributed by atoms with van der Waals surface area (Å²) in [7, 11) is 0. The summed E-state index contributed by atoms with van der Waals surface area (Å²) in [5.41, 5.74) is 8.28. The first-order valence-corrected chi connectivity index (χ1v) is 8.41. The molecule has 0 amide bonds. The molecule has 0 unspecified atom stereocenters. The Hall–Kier alpha value is -1.69. The van der Waals surface area contributed by atoms with E-state index >= 15 is 0 Å². The van der Waals surface area contributed by atoms with Gasteiger partial charge in [-0.25, -0.2) is 0 Å². The number of nitrogens with zero attached hydrogens (tertiary/aromatic N) is 2. The second-order valence-electron chi connectivity index (χ2n) is 5.82. The number of thiophene rings is 1. The summed E-state index contributed by atoms with van der Waals surface area (Å²) >= 11 is 1.62. The molecule has 1 aliphatic carbocycles. The van der Waals surface area contributed by atoms with Crippen LogP contribution in [-0.2, 0) is 5.54 Å². The fraction of sp³-hybridized carbons (Fsp3) is 0.294. The molecule has 0 aliphatic heterocycles. The Morgan fingerprint density at radius 2 is 1.83 bits per heavy atom. The van der Waals surface area contributed by atoms with E-state index in [-0.39, 0.29) is 12.4 Å². The zero-order valence-electron chi connectivity index (χ0n) is 12.6. The maximum atomic E-state index is 6.41. The molecule has 23 heavy (non-hydrogen) atoms. The Kier molecular flexibility index (Phi) is 4.53. The van der Waals surface area contributed by atoms with E-state index in [9.17, 15) is 0 Å². The largest absolute Gasteiger partial charge is 0.333 e. The Morgan fingerprint density at radius 1 is 1.09 bits per heavy atom. The second-order valence-corrected chi connectivity index (χ2v) is 6.73. The van der Waals surface area contributed by atoms with Gasteiger partial charge in [-0.15, -0.1) is 23.7 Å². The van der Waals surface area contributed by atoms with Crippen molar-refractivity contribution in [2.75, 3.05) is 0 Å². The number of hydrogen-bond acceptors (Lipinski definition) is 5. The molecule has 0 radical (unpaired) electrons. The van der Waals surface area contributed by atoms with Crippen molar-refractivity contribution in [3.8, 4) is 21.9 Å². The number of halogens is 1. The lowest BCUT2D eigenvalue weighted by molar-refractivity contribution is 0.373. The minimum atomic E-state index is -0.411. The number of aromatic nitrogens is 2. The van der Waals surface area contributed by atoms with Gasteiger partial charge in [0.1, 0.15) is 4.88 Å². The van der Waals surface area contributed by atoms with E-state index in [0.717, 1.165) is 41.7 Å². The summed E-state index contributed by atoms with van der Waals surface area (Å²) in [6.45, 7) is 0. The van der Waals surface area contributed by atoms with Gasteiger partial charge in [0.25, 0.3) is 5.89 Å². The van der Waals surface area contributed by atoms with Crippen molar-refractivity contribution in [3.63, 3.8) is 0 Å². The predicted octanol–water partition coefficient (Wildman–Crippen LogP) is 4.61. The molecule has 4 nitrogen and oxygen atoms in total. The molecule has 0 spiro atoms. The van der Waals surface area contributed by atoms with Crippen LogP contribution >= 0.6 is 23.7 Å². The van der Waals surface area contributed by atoms with Crippen molar-refractivity contribution in [3.05, 3.63) is 47.6 Å². The average Bonchev–Trinajstić information content (AvgIpc) is 3.28. The topological polar surface area (TPSA) is 64.9 Å². The van der Waals surface area contributed by atoms with Gasteiger partial charge < -0.3 is 10.3 Å². The third kappa shape index (κ3) is 2.92. The highest BCUT2D eigenvalue weighted by molar-refractivity contribution is 7.14. The van der Waals surface area contributed by atoms with E-state index in [2.05, 4.69) is 33.7 Å². The molecule has 1 saturated carbocycles. The van der Waals surface area contributed by atoms with E-state index in [1.54, 1.807) is 11.3 Å². The lowest BCUT2D eigenvalue weighted by Gasteiger charge is -2.17. The molecule has 1 aliphatic rings. The van der Waals surface area contributed by atoms with Crippen LogP contribution in [0.25, 0.3) is 21.9 Å². The fourth-order valence-electron chi connectivity index (χ4n) is 3.07. The van der Waals surface area contributed by atoms with Crippen LogP contribution in [0.3, 0.4) is 0 Å². The van der Waals surface area contributed by atoms with Gasteiger partial charge >= 0.3 is 0 Å². The maximum Gasteiger partial charge on any atom is 0.268 e. The van der Waals surface area contributed by atoms with Crippen LogP contribution in [-0.4, -0.2) is 10.1 Å². The molecule has 120 valence electrons. The standard InChI is InChI=1S/C17H17N3OS.ClH/c18-17(9-4-5-10-17)16-19-15(21-20-16)14-13(8-11-22-14)12-6-2-1-3-7-12;/h1-3,6-8,11H,4-5,9-10,18H2;1H. The summed E-state index contributed by atoms with van der Waals surface area (Å²) in [5, 5.41) is 6.21. The molecule has 0 atom stereocenters. The van der Waals surface area contributed by atoms with E-state index in [0.29, 0.717) is 11.7 Å². The summed E-state index contributed by atoms with van der Waals surface area (Å²) in [4.78, 5) is 5.61. The summed E-state index contributed by atoms with van der Waals surface area (Å²) < 4.78 is 5.52. The molecule has 2 N–H and O–H groups in total. The van der Waals surface area contributed by atoms with Crippen molar-refractivity contribution < 1.29 is 4.52 Å². The van der Waals surface area contributed by atoms with Crippen molar-refractivity contribution in [1.82, 2.24) is 10.1 Å². The second kappa shape index (κ2) is 6.43. The predicted molar refractivity (Wildman–Crippen MR) is 94.6 cm³/mol. The zero-order valence-corrected chi connectivity index (χ0v) is 14.2.